The van der Waals surface area contributed by atoms with Gasteiger partial charge in [0.05, 0.1) is 6.20 Å². The molecule has 2 unspecified atom stereocenters. The molecule has 2 atom stereocenters. The van der Waals surface area contributed by atoms with Crippen LogP contribution in [-0.4, -0.2) is 44.7 Å². The summed E-state index contributed by atoms with van der Waals surface area (Å²) >= 11 is 0. The Hall–Kier alpha value is -1.85. The van der Waals surface area contributed by atoms with Crippen molar-refractivity contribution in [1.82, 2.24) is 14.9 Å². The zero-order valence-electron chi connectivity index (χ0n) is 13.4. The van der Waals surface area contributed by atoms with E-state index in [0.29, 0.717) is 5.88 Å². The Morgan fingerprint density at radius 2 is 1.91 bits per heavy atom. The molecule has 1 aromatic heterocycles. The van der Waals surface area contributed by atoms with Crippen LogP contribution in [0.4, 0.5) is 4.79 Å². The summed E-state index contributed by atoms with van der Waals surface area (Å²) in [6, 6.07) is 0.408. The molecule has 2 aliphatic heterocycles. The topological polar surface area (TPSA) is 64.5 Å². The van der Waals surface area contributed by atoms with Gasteiger partial charge in [-0.3, -0.25) is 4.98 Å². The van der Waals surface area contributed by atoms with Gasteiger partial charge in [0, 0.05) is 37.3 Å². The first kappa shape index (κ1) is 15.1. The van der Waals surface area contributed by atoms with Crippen LogP contribution in [0.3, 0.4) is 0 Å². The molecule has 6 heteroatoms. The summed E-state index contributed by atoms with van der Waals surface area (Å²) in [7, 11) is 0. The number of ether oxygens (including phenoxy) is 2. The third kappa shape index (κ3) is 3.31. The number of hydrogen-bond acceptors (Lipinski definition) is 5. The summed E-state index contributed by atoms with van der Waals surface area (Å²) < 4.78 is 11.4. The zero-order chi connectivity index (χ0) is 15.7. The lowest BCUT2D eigenvalue weighted by atomic mass is 10.0. The fourth-order valence-corrected chi connectivity index (χ4v) is 3.35. The van der Waals surface area contributed by atoms with Gasteiger partial charge in [0.25, 0.3) is 0 Å². The Morgan fingerprint density at radius 3 is 2.45 bits per heavy atom. The lowest BCUT2D eigenvalue weighted by Gasteiger charge is -2.39. The molecule has 0 saturated carbocycles. The molecule has 0 aromatic carbocycles. The standard InChI is InChI=1S/C16H23N3O3/c1-16(2,3)22-15(20)19-11-4-5-12(19)9-13(8-11)21-14-10-17-6-7-18-14/h6-7,10-13H,4-5,8-9H2,1-3H3. The smallest absolute Gasteiger partial charge is 0.410 e. The van der Waals surface area contributed by atoms with E-state index < -0.39 is 5.60 Å². The van der Waals surface area contributed by atoms with Gasteiger partial charge in [0.1, 0.15) is 11.7 Å². The van der Waals surface area contributed by atoms with Crippen LogP contribution in [0.5, 0.6) is 5.88 Å². The highest BCUT2D eigenvalue weighted by molar-refractivity contribution is 5.69. The molecule has 120 valence electrons. The van der Waals surface area contributed by atoms with Crippen molar-refractivity contribution in [3.05, 3.63) is 18.6 Å². The second-order valence-electron chi connectivity index (χ2n) is 7.03. The van der Waals surface area contributed by atoms with Crippen LogP contribution < -0.4 is 4.74 Å². The maximum Gasteiger partial charge on any atom is 0.410 e. The molecule has 0 spiro atoms. The van der Waals surface area contributed by atoms with Gasteiger partial charge in [-0.15, -0.1) is 0 Å². The average molecular weight is 305 g/mol. The Kier molecular flexibility index (Phi) is 3.93. The van der Waals surface area contributed by atoms with Crippen molar-refractivity contribution in [1.29, 1.82) is 0 Å². The summed E-state index contributed by atoms with van der Waals surface area (Å²) in [6.45, 7) is 5.70. The maximum absolute atomic E-state index is 12.4. The number of carbonyl (C=O) groups excluding carboxylic acids is 1. The van der Waals surface area contributed by atoms with Crippen molar-refractivity contribution in [2.75, 3.05) is 0 Å². The summed E-state index contributed by atoms with van der Waals surface area (Å²) in [4.78, 5) is 22.5. The van der Waals surface area contributed by atoms with E-state index in [-0.39, 0.29) is 24.3 Å². The van der Waals surface area contributed by atoms with Crippen LogP contribution in [0.1, 0.15) is 46.5 Å². The van der Waals surface area contributed by atoms with Crippen LogP contribution in [0.25, 0.3) is 0 Å². The summed E-state index contributed by atoms with van der Waals surface area (Å²) in [5.74, 6) is 0.553. The van der Waals surface area contributed by atoms with E-state index >= 15 is 0 Å². The molecule has 0 aliphatic carbocycles. The van der Waals surface area contributed by atoms with Gasteiger partial charge >= 0.3 is 6.09 Å². The molecule has 0 N–H and O–H groups in total. The Labute approximate surface area is 130 Å². The molecule has 6 nitrogen and oxygen atoms in total. The molecular formula is C16H23N3O3. The first-order valence-electron chi connectivity index (χ1n) is 7.86. The molecular weight excluding hydrogens is 282 g/mol. The molecule has 1 aromatic rings. The van der Waals surface area contributed by atoms with E-state index in [1.165, 1.54) is 0 Å². The average Bonchev–Trinajstić information content (AvgIpc) is 2.70. The van der Waals surface area contributed by atoms with E-state index in [1.807, 2.05) is 25.7 Å². The number of piperidine rings is 1. The zero-order valence-corrected chi connectivity index (χ0v) is 13.4. The van der Waals surface area contributed by atoms with Crippen LogP contribution in [0, 0.1) is 0 Å². The largest absolute Gasteiger partial charge is 0.473 e. The quantitative estimate of drug-likeness (QED) is 0.840. The maximum atomic E-state index is 12.4. The van der Waals surface area contributed by atoms with Crippen LogP contribution in [0.2, 0.25) is 0 Å². The molecule has 22 heavy (non-hydrogen) atoms. The van der Waals surface area contributed by atoms with E-state index in [0.717, 1.165) is 25.7 Å². The number of amides is 1. The summed E-state index contributed by atoms with van der Waals surface area (Å²) in [5, 5.41) is 0. The van der Waals surface area contributed by atoms with E-state index in [2.05, 4.69) is 9.97 Å². The van der Waals surface area contributed by atoms with E-state index in [9.17, 15) is 4.79 Å². The molecule has 3 heterocycles. The van der Waals surface area contributed by atoms with Gasteiger partial charge in [-0.2, -0.15) is 0 Å². The van der Waals surface area contributed by atoms with Crippen LogP contribution >= 0.6 is 0 Å². The fourth-order valence-electron chi connectivity index (χ4n) is 3.35. The van der Waals surface area contributed by atoms with Gasteiger partial charge in [-0.05, 0) is 33.6 Å². The van der Waals surface area contributed by atoms with Crippen LogP contribution in [-0.2, 0) is 4.74 Å². The molecule has 3 rings (SSSR count). The predicted octanol–water partition coefficient (Wildman–Crippen LogP) is 2.79. The third-order valence-corrected chi connectivity index (χ3v) is 4.12. The normalized spacial score (nSPS) is 27.6. The lowest BCUT2D eigenvalue weighted by molar-refractivity contribution is -0.00764. The van der Waals surface area contributed by atoms with E-state index in [4.69, 9.17) is 9.47 Å². The molecule has 2 fully saturated rings. The molecule has 2 bridgehead atoms. The summed E-state index contributed by atoms with van der Waals surface area (Å²) in [5.41, 5.74) is -0.455. The van der Waals surface area contributed by atoms with Gasteiger partial charge < -0.3 is 14.4 Å². The van der Waals surface area contributed by atoms with Gasteiger partial charge in [-0.25, -0.2) is 9.78 Å². The van der Waals surface area contributed by atoms with E-state index in [1.54, 1.807) is 18.6 Å². The molecule has 2 aliphatic rings. The Bertz CT molecular complexity index is 515. The van der Waals surface area contributed by atoms with Crippen molar-refractivity contribution < 1.29 is 14.3 Å². The van der Waals surface area contributed by atoms with Gasteiger partial charge in [0.15, 0.2) is 0 Å². The molecule has 0 radical (unpaired) electrons. The van der Waals surface area contributed by atoms with Crippen molar-refractivity contribution in [3.8, 4) is 5.88 Å². The number of carbonyl (C=O) groups is 1. The van der Waals surface area contributed by atoms with Crippen molar-refractivity contribution in [2.24, 2.45) is 0 Å². The minimum Gasteiger partial charge on any atom is -0.473 e. The minimum atomic E-state index is -0.455. The first-order chi connectivity index (χ1) is 10.4. The highest BCUT2D eigenvalue weighted by Crippen LogP contribution is 2.37. The lowest BCUT2D eigenvalue weighted by Crippen LogP contribution is -2.50. The number of hydrogen-bond donors (Lipinski definition) is 0. The minimum absolute atomic E-state index is 0.0906. The van der Waals surface area contributed by atoms with Crippen molar-refractivity contribution >= 4 is 6.09 Å². The summed E-state index contributed by atoms with van der Waals surface area (Å²) in [6.07, 6.45) is 8.46. The number of nitrogens with zero attached hydrogens (tertiary/aromatic N) is 3. The van der Waals surface area contributed by atoms with Gasteiger partial charge in [-0.1, -0.05) is 0 Å². The monoisotopic (exact) mass is 305 g/mol. The Balaban J connectivity index is 1.63. The van der Waals surface area contributed by atoms with Crippen molar-refractivity contribution in [3.63, 3.8) is 0 Å². The number of fused-ring (bicyclic) bond motifs is 2. The molecule has 1 amide bonds. The SMILES string of the molecule is CC(C)(C)OC(=O)N1C2CCC1CC(Oc1cnccn1)C2. The second kappa shape index (κ2) is 5.74. The number of rotatable bonds is 2. The van der Waals surface area contributed by atoms with Gasteiger partial charge in [0.2, 0.25) is 5.88 Å². The first-order valence-corrected chi connectivity index (χ1v) is 7.86. The third-order valence-electron chi connectivity index (χ3n) is 4.12. The highest BCUT2D eigenvalue weighted by atomic mass is 16.6. The second-order valence-corrected chi connectivity index (χ2v) is 7.03. The van der Waals surface area contributed by atoms with Crippen LogP contribution in [0.15, 0.2) is 18.6 Å². The highest BCUT2D eigenvalue weighted by Gasteiger charge is 2.45. The fraction of sp³-hybridized carbons (Fsp3) is 0.688. The number of aromatic nitrogens is 2. The van der Waals surface area contributed by atoms with Crippen molar-refractivity contribution in [2.45, 2.75) is 70.2 Å². The molecule has 2 saturated heterocycles. The predicted molar refractivity (Wildman–Crippen MR) is 80.6 cm³/mol. The Morgan fingerprint density at radius 1 is 1.23 bits per heavy atom.